The van der Waals surface area contributed by atoms with Crippen LogP contribution in [0.2, 0.25) is 13.1 Å². The number of rotatable bonds is 4. The van der Waals surface area contributed by atoms with Crippen molar-refractivity contribution in [1.82, 2.24) is 0 Å². The lowest BCUT2D eigenvalue weighted by Gasteiger charge is -2.36. The van der Waals surface area contributed by atoms with Gasteiger partial charge in [-0.1, -0.05) is 13.8 Å². The average Bonchev–Trinajstić information content (AvgIpc) is 1.85. The van der Waals surface area contributed by atoms with E-state index < -0.39 is 8.56 Å². The van der Waals surface area contributed by atoms with Gasteiger partial charge in [0.1, 0.15) is 10.5 Å². The van der Waals surface area contributed by atoms with Gasteiger partial charge < -0.3 is 8.54 Å². The minimum absolute atomic E-state index is 0.0554. The Morgan fingerprint density at radius 1 is 1.25 bits per heavy atom. The molecular weight excluding hydrogens is 184 g/mol. The van der Waals surface area contributed by atoms with Crippen LogP contribution in [0, 0.1) is 5.92 Å². The van der Waals surface area contributed by atoms with Crippen molar-refractivity contribution in [1.29, 1.82) is 0 Å². The minimum Gasteiger partial charge on any atom is -0.445 e. The Kier molecular flexibility index (Phi) is 4.16. The lowest BCUT2D eigenvalue weighted by Crippen LogP contribution is -2.45. The Bertz CT molecular complexity index is 144. The first kappa shape index (κ1) is 12.4. The Balaban J connectivity index is 4.23. The van der Waals surface area contributed by atoms with Crippen LogP contribution in [0.1, 0.15) is 27.7 Å². The normalized spacial score (nSPS) is 14.2. The summed E-state index contributed by atoms with van der Waals surface area (Å²) in [6.45, 7) is 12.8. The monoisotopic (exact) mass is 206 g/mol. The third kappa shape index (κ3) is 3.84. The standard InChI is InChI=1S/C8H22O2Si2/c1-7(2)8(3,4)9-12(5,6)10-11/h7H,1-6,11H3. The first-order chi connectivity index (χ1) is 5.21. The van der Waals surface area contributed by atoms with Gasteiger partial charge in [0.2, 0.25) is 0 Å². The van der Waals surface area contributed by atoms with Crippen molar-refractivity contribution in [2.24, 2.45) is 5.92 Å². The van der Waals surface area contributed by atoms with E-state index in [1.165, 1.54) is 0 Å². The Labute approximate surface area is 80.4 Å². The van der Waals surface area contributed by atoms with Crippen LogP contribution in [0.3, 0.4) is 0 Å². The quantitative estimate of drug-likeness (QED) is 0.648. The summed E-state index contributed by atoms with van der Waals surface area (Å²) in [6, 6.07) is 0. The summed E-state index contributed by atoms with van der Waals surface area (Å²) >= 11 is 0. The summed E-state index contributed by atoms with van der Waals surface area (Å²) in [6.07, 6.45) is 0. The zero-order valence-electron chi connectivity index (χ0n) is 9.39. The molecular formula is C8H22O2Si2. The molecule has 0 aromatic rings. The lowest BCUT2D eigenvalue weighted by atomic mass is 9.95. The fourth-order valence-electron chi connectivity index (χ4n) is 0.793. The van der Waals surface area contributed by atoms with E-state index in [1.807, 2.05) is 0 Å². The van der Waals surface area contributed by atoms with Crippen LogP contribution in [0.25, 0.3) is 0 Å². The summed E-state index contributed by atoms with van der Waals surface area (Å²) < 4.78 is 11.5. The predicted molar refractivity (Wildman–Crippen MR) is 58.5 cm³/mol. The van der Waals surface area contributed by atoms with Crippen molar-refractivity contribution in [2.75, 3.05) is 0 Å². The molecule has 4 heteroatoms. The minimum atomic E-state index is -1.81. The van der Waals surface area contributed by atoms with Gasteiger partial charge in [0.25, 0.3) is 0 Å². The van der Waals surface area contributed by atoms with Crippen molar-refractivity contribution >= 4 is 19.0 Å². The smallest absolute Gasteiger partial charge is 0.321 e. The van der Waals surface area contributed by atoms with E-state index in [2.05, 4.69) is 40.8 Å². The molecule has 0 aliphatic rings. The third-order valence-corrected chi connectivity index (χ3v) is 7.34. The molecule has 0 heterocycles. The molecule has 0 saturated carbocycles. The predicted octanol–water partition coefficient (Wildman–Crippen LogP) is 1.44. The van der Waals surface area contributed by atoms with Crippen LogP contribution >= 0.6 is 0 Å². The first-order valence-electron chi connectivity index (χ1n) is 4.46. The van der Waals surface area contributed by atoms with Gasteiger partial charge in [-0.05, 0) is 32.9 Å². The van der Waals surface area contributed by atoms with Gasteiger partial charge in [0, 0.05) is 0 Å². The zero-order chi connectivity index (χ0) is 9.99. The maximum Gasteiger partial charge on any atom is 0.321 e. The van der Waals surface area contributed by atoms with E-state index in [0.29, 0.717) is 5.92 Å². The van der Waals surface area contributed by atoms with E-state index in [4.69, 9.17) is 8.54 Å². The molecule has 12 heavy (non-hydrogen) atoms. The van der Waals surface area contributed by atoms with Gasteiger partial charge in [-0.15, -0.1) is 0 Å². The molecule has 0 atom stereocenters. The second-order valence-electron chi connectivity index (χ2n) is 4.46. The van der Waals surface area contributed by atoms with Gasteiger partial charge in [-0.2, -0.15) is 0 Å². The molecule has 0 spiro atoms. The van der Waals surface area contributed by atoms with Crippen LogP contribution in [0.5, 0.6) is 0 Å². The molecule has 0 fully saturated rings. The lowest BCUT2D eigenvalue weighted by molar-refractivity contribution is 0.0332. The Hall–Kier alpha value is 0.354. The molecule has 0 amide bonds. The molecule has 0 aromatic carbocycles. The second-order valence-corrected chi connectivity index (χ2v) is 9.10. The van der Waals surface area contributed by atoms with Crippen LogP contribution in [0.15, 0.2) is 0 Å². The molecule has 2 nitrogen and oxygen atoms in total. The highest BCUT2D eigenvalue weighted by Gasteiger charge is 2.33. The summed E-state index contributed by atoms with van der Waals surface area (Å²) in [4.78, 5) is 0. The third-order valence-electron chi connectivity index (χ3n) is 2.39. The van der Waals surface area contributed by atoms with Gasteiger partial charge in [-0.3, -0.25) is 0 Å². The zero-order valence-corrected chi connectivity index (χ0v) is 12.4. The van der Waals surface area contributed by atoms with E-state index in [9.17, 15) is 0 Å². The largest absolute Gasteiger partial charge is 0.445 e. The number of hydrogen-bond acceptors (Lipinski definition) is 2. The van der Waals surface area contributed by atoms with E-state index >= 15 is 0 Å². The highest BCUT2D eigenvalue weighted by Crippen LogP contribution is 2.25. The summed E-state index contributed by atoms with van der Waals surface area (Å²) in [5.41, 5.74) is -0.0554. The van der Waals surface area contributed by atoms with E-state index in [-0.39, 0.29) is 5.60 Å². The van der Waals surface area contributed by atoms with Crippen LogP contribution in [0.4, 0.5) is 0 Å². The van der Waals surface area contributed by atoms with Gasteiger partial charge in [0.15, 0.2) is 0 Å². The van der Waals surface area contributed by atoms with Crippen molar-refractivity contribution < 1.29 is 8.54 Å². The topological polar surface area (TPSA) is 18.5 Å². The van der Waals surface area contributed by atoms with Gasteiger partial charge in [-0.25, -0.2) is 0 Å². The molecule has 0 rings (SSSR count). The van der Waals surface area contributed by atoms with Crippen molar-refractivity contribution in [3.05, 3.63) is 0 Å². The van der Waals surface area contributed by atoms with Crippen LogP contribution in [-0.2, 0) is 8.54 Å². The van der Waals surface area contributed by atoms with Gasteiger partial charge >= 0.3 is 8.56 Å². The summed E-state index contributed by atoms with van der Waals surface area (Å²) in [7, 11) is -1.04. The van der Waals surface area contributed by atoms with E-state index in [0.717, 1.165) is 10.5 Å². The molecule has 0 bridgehead atoms. The Morgan fingerprint density at radius 3 is 1.92 bits per heavy atom. The maximum atomic E-state index is 5.99. The van der Waals surface area contributed by atoms with Crippen LogP contribution < -0.4 is 0 Å². The van der Waals surface area contributed by atoms with Crippen molar-refractivity contribution in [3.8, 4) is 0 Å². The summed E-state index contributed by atoms with van der Waals surface area (Å²) in [5, 5.41) is 0. The highest BCUT2D eigenvalue weighted by molar-refractivity contribution is 6.67. The van der Waals surface area contributed by atoms with Gasteiger partial charge in [0.05, 0.1) is 5.60 Å². The average molecular weight is 206 g/mol. The fraction of sp³-hybridized carbons (Fsp3) is 1.00. The molecule has 74 valence electrons. The Morgan fingerprint density at radius 2 is 1.67 bits per heavy atom. The number of hydrogen-bond donors (Lipinski definition) is 0. The molecule has 0 unspecified atom stereocenters. The second kappa shape index (κ2) is 4.04. The SMILES string of the molecule is CC(C)C(C)(C)O[Si](C)(C)O[SiH3]. The van der Waals surface area contributed by atoms with Crippen molar-refractivity contribution in [2.45, 2.75) is 46.4 Å². The molecule has 0 radical (unpaired) electrons. The van der Waals surface area contributed by atoms with Crippen LogP contribution in [-0.4, -0.2) is 24.6 Å². The maximum absolute atomic E-state index is 5.99. The van der Waals surface area contributed by atoms with E-state index in [1.54, 1.807) is 0 Å². The molecule has 0 aliphatic heterocycles. The molecule has 0 aromatic heterocycles. The van der Waals surface area contributed by atoms with Crippen molar-refractivity contribution in [3.63, 3.8) is 0 Å². The highest BCUT2D eigenvalue weighted by atomic mass is 28.4. The molecule has 0 saturated heterocycles. The molecule has 0 aliphatic carbocycles. The first-order valence-corrected chi connectivity index (χ1v) is 8.10. The molecule has 0 N–H and O–H groups in total. The summed E-state index contributed by atoms with van der Waals surface area (Å²) in [5.74, 6) is 0.529. The fourth-order valence-corrected chi connectivity index (χ4v) is 2.63.